The summed E-state index contributed by atoms with van der Waals surface area (Å²) in [5, 5.41) is 12.8. The number of hydrogen-bond donors (Lipinski definition) is 1. The molecule has 0 saturated carbocycles. The maximum absolute atomic E-state index is 12.8. The predicted molar refractivity (Wildman–Crippen MR) is 104 cm³/mol. The van der Waals surface area contributed by atoms with Gasteiger partial charge in [-0.1, -0.05) is 42.1 Å². The molecule has 2 heterocycles. The van der Waals surface area contributed by atoms with Crippen LogP contribution in [0.5, 0.6) is 0 Å². The van der Waals surface area contributed by atoms with Gasteiger partial charge in [0.1, 0.15) is 12.4 Å². The predicted octanol–water partition coefficient (Wildman–Crippen LogP) is 1.15. The number of nitrogens with zero attached hydrogens (tertiary/aromatic N) is 6. The number of carbonyl (C=O) groups excluding carboxylic acids is 1. The van der Waals surface area contributed by atoms with Crippen LogP contribution in [0.2, 0.25) is 0 Å². The number of para-hydroxylation sites is 2. The van der Waals surface area contributed by atoms with E-state index in [-0.39, 0.29) is 12.1 Å². The Labute approximate surface area is 163 Å². The van der Waals surface area contributed by atoms with Crippen LogP contribution in [0, 0.1) is 0 Å². The van der Waals surface area contributed by atoms with Gasteiger partial charge < -0.3 is 5.73 Å². The molecular weight excluding hydrogens is 378 g/mol. The highest BCUT2D eigenvalue weighted by molar-refractivity contribution is 7.98. The van der Waals surface area contributed by atoms with E-state index >= 15 is 0 Å². The zero-order valence-electron chi connectivity index (χ0n) is 14.6. The Morgan fingerprint density at radius 2 is 1.82 bits per heavy atom. The minimum absolute atomic E-state index is 0.240. The number of rotatable bonds is 6. The lowest BCUT2D eigenvalue weighted by atomic mass is 10.2. The Hall–Kier alpha value is -3.53. The number of fused-ring (bicyclic) bond motifs is 1. The molecule has 2 N–H and O–H groups in total. The largest absolute Gasteiger partial charge is 0.368 e. The Morgan fingerprint density at radius 3 is 2.61 bits per heavy atom. The van der Waals surface area contributed by atoms with Gasteiger partial charge in [-0.05, 0) is 34.7 Å². The summed E-state index contributed by atoms with van der Waals surface area (Å²) >= 11 is 1.31. The van der Waals surface area contributed by atoms with E-state index in [9.17, 15) is 9.59 Å². The second-order valence-corrected chi connectivity index (χ2v) is 6.84. The van der Waals surface area contributed by atoms with E-state index in [1.165, 1.54) is 16.3 Å². The summed E-state index contributed by atoms with van der Waals surface area (Å²) in [7, 11) is 0. The zero-order chi connectivity index (χ0) is 19.5. The average Bonchev–Trinajstić information content (AvgIpc) is 3.18. The number of thioether (sulfide) groups is 1. The number of tetrazole rings is 1. The van der Waals surface area contributed by atoms with E-state index in [0.29, 0.717) is 27.6 Å². The van der Waals surface area contributed by atoms with Crippen molar-refractivity contribution in [3.63, 3.8) is 0 Å². The standard InChI is InChI=1S/C18H15N7O2S/c19-15(26)10-24-16(20-14-9-5-4-8-13(14)17(24)27)11-28-18-21-22-23-25(18)12-6-2-1-3-7-12/h1-9H,10-11H2,(H2,19,26). The number of nitrogens with two attached hydrogens (primary N) is 1. The van der Waals surface area contributed by atoms with Gasteiger partial charge in [0.05, 0.1) is 22.3 Å². The second-order valence-electron chi connectivity index (χ2n) is 5.90. The summed E-state index contributed by atoms with van der Waals surface area (Å²) in [6.07, 6.45) is 0. The number of hydrogen-bond acceptors (Lipinski definition) is 7. The molecule has 4 aromatic rings. The first kappa shape index (κ1) is 17.9. The molecule has 0 fully saturated rings. The minimum atomic E-state index is -0.612. The summed E-state index contributed by atoms with van der Waals surface area (Å²) in [5.74, 6) is 0.107. The lowest BCUT2D eigenvalue weighted by Crippen LogP contribution is -2.31. The molecule has 0 radical (unpaired) electrons. The molecule has 1 amide bonds. The van der Waals surface area contributed by atoms with Crippen LogP contribution in [0.1, 0.15) is 5.82 Å². The van der Waals surface area contributed by atoms with Gasteiger partial charge >= 0.3 is 0 Å². The first-order valence-electron chi connectivity index (χ1n) is 8.37. The number of primary amides is 1. The smallest absolute Gasteiger partial charge is 0.261 e. The molecule has 0 aliphatic heterocycles. The van der Waals surface area contributed by atoms with Gasteiger partial charge in [0.15, 0.2) is 0 Å². The highest BCUT2D eigenvalue weighted by atomic mass is 32.2. The zero-order valence-corrected chi connectivity index (χ0v) is 15.4. The molecule has 0 atom stereocenters. The van der Waals surface area contributed by atoms with Crippen LogP contribution in [-0.4, -0.2) is 35.7 Å². The van der Waals surface area contributed by atoms with Crippen LogP contribution in [0.3, 0.4) is 0 Å². The first-order chi connectivity index (χ1) is 13.6. The molecule has 0 aliphatic carbocycles. The first-order valence-corrected chi connectivity index (χ1v) is 9.35. The quantitative estimate of drug-likeness (QED) is 0.488. The van der Waals surface area contributed by atoms with Gasteiger partial charge in [0.25, 0.3) is 5.56 Å². The monoisotopic (exact) mass is 393 g/mol. The molecule has 2 aromatic carbocycles. The third-order valence-electron chi connectivity index (χ3n) is 4.03. The number of aromatic nitrogens is 6. The fraction of sp³-hybridized carbons (Fsp3) is 0.111. The van der Waals surface area contributed by atoms with Crippen molar-refractivity contribution in [2.24, 2.45) is 5.73 Å². The van der Waals surface area contributed by atoms with Gasteiger partial charge in [-0.25, -0.2) is 4.98 Å². The van der Waals surface area contributed by atoms with Crippen molar-refractivity contribution in [3.8, 4) is 5.69 Å². The molecule has 0 unspecified atom stereocenters. The minimum Gasteiger partial charge on any atom is -0.368 e. The van der Waals surface area contributed by atoms with E-state index < -0.39 is 5.91 Å². The highest BCUT2D eigenvalue weighted by Crippen LogP contribution is 2.22. The summed E-state index contributed by atoms with van der Waals surface area (Å²) < 4.78 is 2.90. The number of benzene rings is 2. The van der Waals surface area contributed by atoms with Crippen molar-refractivity contribution in [3.05, 3.63) is 70.8 Å². The number of carbonyl (C=O) groups is 1. The Morgan fingerprint density at radius 1 is 1.07 bits per heavy atom. The van der Waals surface area contributed by atoms with Crippen molar-refractivity contribution in [2.45, 2.75) is 17.5 Å². The van der Waals surface area contributed by atoms with Crippen molar-refractivity contribution >= 4 is 28.6 Å². The molecule has 0 bridgehead atoms. The topological polar surface area (TPSA) is 122 Å². The lowest BCUT2D eigenvalue weighted by molar-refractivity contribution is -0.118. The summed E-state index contributed by atoms with van der Waals surface area (Å²) in [5.41, 5.74) is 6.40. The fourth-order valence-electron chi connectivity index (χ4n) is 2.77. The molecule has 28 heavy (non-hydrogen) atoms. The van der Waals surface area contributed by atoms with E-state index in [2.05, 4.69) is 20.5 Å². The Balaban J connectivity index is 1.70. The van der Waals surface area contributed by atoms with Gasteiger partial charge in [-0.2, -0.15) is 4.68 Å². The Kier molecular flexibility index (Phi) is 4.85. The van der Waals surface area contributed by atoms with Gasteiger partial charge in [0, 0.05) is 0 Å². The van der Waals surface area contributed by atoms with E-state index in [4.69, 9.17) is 5.73 Å². The van der Waals surface area contributed by atoms with Crippen LogP contribution < -0.4 is 11.3 Å². The summed E-state index contributed by atoms with van der Waals surface area (Å²) in [6.45, 7) is -0.240. The van der Waals surface area contributed by atoms with Gasteiger partial charge in [-0.15, -0.1) is 5.10 Å². The fourth-order valence-corrected chi connectivity index (χ4v) is 3.61. The van der Waals surface area contributed by atoms with Crippen molar-refractivity contribution in [1.82, 2.24) is 29.8 Å². The molecule has 140 valence electrons. The number of amides is 1. The molecule has 2 aromatic heterocycles. The van der Waals surface area contributed by atoms with E-state index in [1.807, 2.05) is 30.3 Å². The third-order valence-corrected chi connectivity index (χ3v) is 4.94. The molecular formula is C18H15N7O2S. The molecule has 4 rings (SSSR count). The van der Waals surface area contributed by atoms with Crippen molar-refractivity contribution in [2.75, 3.05) is 0 Å². The molecule has 0 spiro atoms. The summed E-state index contributed by atoms with van der Waals surface area (Å²) in [4.78, 5) is 28.8. The molecule has 0 saturated heterocycles. The highest BCUT2D eigenvalue weighted by Gasteiger charge is 2.15. The molecule has 10 heteroatoms. The SMILES string of the molecule is NC(=O)Cn1c(CSc2nnnn2-c2ccccc2)nc2ccccc2c1=O. The van der Waals surface area contributed by atoms with Gasteiger partial charge in [0.2, 0.25) is 11.1 Å². The van der Waals surface area contributed by atoms with Crippen LogP contribution in [0.15, 0.2) is 64.5 Å². The average molecular weight is 393 g/mol. The maximum Gasteiger partial charge on any atom is 0.261 e. The molecule has 0 aliphatic rings. The van der Waals surface area contributed by atoms with Crippen LogP contribution >= 0.6 is 11.8 Å². The van der Waals surface area contributed by atoms with E-state index in [1.54, 1.807) is 28.9 Å². The second kappa shape index (κ2) is 7.61. The van der Waals surface area contributed by atoms with Crippen molar-refractivity contribution in [1.29, 1.82) is 0 Å². The van der Waals surface area contributed by atoms with Gasteiger partial charge in [-0.3, -0.25) is 14.2 Å². The van der Waals surface area contributed by atoms with Crippen LogP contribution in [0.25, 0.3) is 16.6 Å². The van der Waals surface area contributed by atoms with E-state index in [0.717, 1.165) is 5.69 Å². The normalized spacial score (nSPS) is 11.0. The summed E-state index contributed by atoms with van der Waals surface area (Å²) in [6, 6.07) is 16.4. The third kappa shape index (κ3) is 3.49. The van der Waals surface area contributed by atoms with Crippen LogP contribution in [-0.2, 0) is 17.1 Å². The Bertz CT molecular complexity index is 1200. The lowest BCUT2D eigenvalue weighted by Gasteiger charge is -2.11. The maximum atomic E-state index is 12.8. The molecule has 9 nitrogen and oxygen atoms in total. The van der Waals surface area contributed by atoms with Crippen molar-refractivity contribution < 1.29 is 4.79 Å². The van der Waals surface area contributed by atoms with Crippen LogP contribution in [0.4, 0.5) is 0 Å².